The normalized spacial score (nSPS) is 11.3. The average molecular weight is 226 g/mol. The molecule has 0 atom stereocenters. The van der Waals surface area contributed by atoms with Gasteiger partial charge in [-0.15, -0.1) is 6.58 Å². The lowest BCUT2D eigenvalue weighted by Gasteiger charge is -2.04. The molecular formula is C11H15O3P. The molecule has 0 amide bonds. The summed E-state index contributed by atoms with van der Waals surface area (Å²) in [4.78, 5) is 17.6. The zero-order valence-electron chi connectivity index (χ0n) is 8.47. The molecule has 0 unspecified atom stereocenters. The third-order valence-corrected chi connectivity index (χ3v) is 2.83. The van der Waals surface area contributed by atoms with E-state index in [-0.39, 0.29) is 6.16 Å². The molecule has 4 heteroatoms. The van der Waals surface area contributed by atoms with E-state index in [1.165, 1.54) is 0 Å². The van der Waals surface area contributed by atoms with Gasteiger partial charge >= 0.3 is 7.60 Å². The van der Waals surface area contributed by atoms with E-state index in [2.05, 4.69) is 6.58 Å². The Morgan fingerprint density at radius 1 is 1.20 bits per heavy atom. The number of benzene rings is 1. The SMILES string of the molecule is C=CCCc1ccc(CP(=O)(O)O)cc1. The van der Waals surface area contributed by atoms with Crippen molar-refractivity contribution in [2.75, 3.05) is 0 Å². The molecule has 0 aromatic heterocycles. The van der Waals surface area contributed by atoms with Gasteiger partial charge in [-0.3, -0.25) is 4.57 Å². The molecule has 1 aromatic rings. The molecule has 82 valence electrons. The summed E-state index contributed by atoms with van der Waals surface area (Å²) in [6.07, 6.45) is 3.50. The highest BCUT2D eigenvalue weighted by atomic mass is 31.2. The summed E-state index contributed by atoms with van der Waals surface area (Å²) < 4.78 is 10.7. The Hall–Kier alpha value is -0.890. The molecule has 0 spiro atoms. The summed E-state index contributed by atoms with van der Waals surface area (Å²) in [5.74, 6) is 0. The quantitative estimate of drug-likeness (QED) is 0.599. The first kappa shape index (κ1) is 12.2. The van der Waals surface area contributed by atoms with E-state index >= 15 is 0 Å². The largest absolute Gasteiger partial charge is 0.329 e. The highest BCUT2D eigenvalue weighted by Gasteiger charge is 2.13. The predicted octanol–water partition coefficient (Wildman–Crippen LogP) is 2.48. The Balaban J connectivity index is 2.64. The van der Waals surface area contributed by atoms with Gasteiger partial charge in [0.15, 0.2) is 0 Å². The van der Waals surface area contributed by atoms with Crippen LogP contribution in [0.4, 0.5) is 0 Å². The number of rotatable bonds is 5. The molecule has 1 rings (SSSR count). The molecule has 0 fully saturated rings. The molecule has 0 radical (unpaired) electrons. The van der Waals surface area contributed by atoms with Crippen LogP contribution in [-0.2, 0) is 17.1 Å². The third kappa shape index (κ3) is 4.93. The summed E-state index contributed by atoms with van der Waals surface area (Å²) >= 11 is 0. The fraction of sp³-hybridized carbons (Fsp3) is 0.273. The van der Waals surface area contributed by atoms with Gasteiger partial charge in [-0.05, 0) is 24.0 Å². The van der Waals surface area contributed by atoms with Gasteiger partial charge in [-0.25, -0.2) is 0 Å². The van der Waals surface area contributed by atoms with Crippen LogP contribution in [0, 0.1) is 0 Å². The summed E-state index contributed by atoms with van der Waals surface area (Å²) in [6, 6.07) is 7.32. The summed E-state index contributed by atoms with van der Waals surface area (Å²) in [5.41, 5.74) is 1.83. The Kier molecular flexibility index (Phi) is 4.28. The fourth-order valence-corrected chi connectivity index (χ4v) is 2.00. The Bertz CT molecular complexity index is 364. The lowest BCUT2D eigenvalue weighted by Crippen LogP contribution is -1.88. The Labute approximate surface area is 89.6 Å². The maximum Gasteiger partial charge on any atom is 0.329 e. The van der Waals surface area contributed by atoms with Gasteiger partial charge in [-0.1, -0.05) is 30.3 Å². The lowest BCUT2D eigenvalue weighted by molar-refractivity contribution is 0.371. The highest BCUT2D eigenvalue weighted by molar-refractivity contribution is 7.50. The first-order valence-corrected chi connectivity index (χ1v) is 6.54. The van der Waals surface area contributed by atoms with Crippen molar-refractivity contribution < 1.29 is 14.4 Å². The van der Waals surface area contributed by atoms with Gasteiger partial charge in [0, 0.05) is 0 Å². The average Bonchev–Trinajstić information content (AvgIpc) is 2.14. The molecule has 15 heavy (non-hydrogen) atoms. The van der Waals surface area contributed by atoms with E-state index in [4.69, 9.17) is 9.79 Å². The van der Waals surface area contributed by atoms with Gasteiger partial charge in [0.05, 0.1) is 6.16 Å². The van der Waals surface area contributed by atoms with E-state index in [9.17, 15) is 4.57 Å². The maximum absolute atomic E-state index is 10.7. The van der Waals surface area contributed by atoms with Gasteiger partial charge in [0.25, 0.3) is 0 Å². The van der Waals surface area contributed by atoms with Crippen molar-refractivity contribution in [3.8, 4) is 0 Å². The van der Waals surface area contributed by atoms with Crippen LogP contribution < -0.4 is 0 Å². The molecule has 0 aliphatic carbocycles. The van der Waals surface area contributed by atoms with Crippen molar-refractivity contribution in [3.63, 3.8) is 0 Å². The Morgan fingerprint density at radius 3 is 2.20 bits per heavy atom. The lowest BCUT2D eigenvalue weighted by atomic mass is 10.1. The summed E-state index contributed by atoms with van der Waals surface area (Å²) in [6.45, 7) is 3.64. The van der Waals surface area contributed by atoms with Crippen LogP contribution in [0.1, 0.15) is 17.5 Å². The molecule has 0 aliphatic rings. The molecule has 0 bridgehead atoms. The van der Waals surface area contributed by atoms with Crippen molar-refractivity contribution in [2.45, 2.75) is 19.0 Å². The van der Waals surface area contributed by atoms with Crippen LogP contribution in [0.15, 0.2) is 36.9 Å². The minimum Gasteiger partial charge on any atom is -0.324 e. The molecule has 2 N–H and O–H groups in total. The fourth-order valence-electron chi connectivity index (χ4n) is 1.32. The third-order valence-electron chi connectivity index (χ3n) is 2.05. The monoisotopic (exact) mass is 226 g/mol. The van der Waals surface area contributed by atoms with Gasteiger partial charge < -0.3 is 9.79 Å². The van der Waals surface area contributed by atoms with Crippen LogP contribution in [0.5, 0.6) is 0 Å². The van der Waals surface area contributed by atoms with Gasteiger partial charge in [0.1, 0.15) is 0 Å². The number of allylic oxidation sites excluding steroid dienone is 1. The highest BCUT2D eigenvalue weighted by Crippen LogP contribution is 2.38. The molecule has 1 aromatic carbocycles. The minimum absolute atomic E-state index is 0.186. The second-order valence-corrected chi connectivity index (χ2v) is 5.11. The number of aryl methyl sites for hydroxylation is 1. The summed E-state index contributed by atoms with van der Waals surface area (Å²) in [7, 11) is -3.94. The predicted molar refractivity (Wildman–Crippen MR) is 60.7 cm³/mol. The number of hydrogen-bond acceptors (Lipinski definition) is 1. The number of hydrogen-bond donors (Lipinski definition) is 2. The smallest absolute Gasteiger partial charge is 0.324 e. The molecule has 0 aliphatic heterocycles. The Morgan fingerprint density at radius 2 is 1.73 bits per heavy atom. The zero-order valence-corrected chi connectivity index (χ0v) is 9.36. The standard InChI is InChI=1S/C11H15O3P/c1-2-3-4-10-5-7-11(8-6-10)9-15(12,13)14/h2,5-8H,1,3-4,9H2,(H2,12,13,14). The van der Waals surface area contributed by atoms with Crippen LogP contribution >= 0.6 is 7.60 Å². The van der Waals surface area contributed by atoms with Crippen molar-refractivity contribution in [1.82, 2.24) is 0 Å². The van der Waals surface area contributed by atoms with E-state index in [1.54, 1.807) is 12.1 Å². The van der Waals surface area contributed by atoms with Crippen LogP contribution in [0.25, 0.3) is 0 Å². The molecule has 0 saturated heterocycles. The maximum atomic E-state index is 10.7. The van der Waals surface area contributed by atoms with E-state index in [0.29, 0.717) is 5.56 Å². The van der Waals surface area contributed by atoms with Gasteiger partial charge in [-0.2, -0.15) is 0 Å². The van der Waals surface area contributed by atoms with Crippen molar-refractivity contribution in [1.29, 1.82) is 0 Å². The minimum atomic E-state index is -3.94. The molecular weight excluding hydrogens is 211 g/mol. The van der Waals surface area contributed by atoms with Crippen molar-refractivity contribution in [2.24, 2.45) is 0 Å². The first-order valence-electron chi connectivity index (χ1n) is 4.74. The van der Waals surface area contributed by atoms with Crippen LogP contribution in [0.2, 0.25) is 0 Å². The van der Waals surface area contributed by atoms with E-state index < -0.39 is 7.60 Å². The molecule has 0 saturated carbocycles. The van der Waals surface area contributed by atoms with Crippen LogP contribution in [0.3, 0.4) is 0 Å². The van der Waals surface area contributed by atoms with Crippen LogP contribution in [-0.4, -0.2) is 9.79 Å². The molecule has 3 nitrogen and oxygen atoms in total. The summed E-state index contributed by atoms with van der Waals surface area (Å²) in [5, 5.41) is 0. The first-order chi connectivity index (χ1) is 7.01. The van der Waals surface area contributed by atoms with Gasteiger partial charge in [0.2, 0.25) is 0 Å². The van der Waals surface area contributed by atoms with E-state index in [1.807, 2.05) is 18.2 Å². The molecule has 0 heterocycles. The zero-order chi connectivity index (χ0) is 11.3. The van der Waals surface area contributed by atoms with Crippen molar-refractivity contribution in [3.05, 3.63) is 48.0 Å². The van der Waals surface area contributed by atoms with Crippen molar-refractivity contribution >= 4 is 7.60 Å². The second-order valence-electron chi connectivity index (χ2n) is 3.47. The van der Waals surface area contributed by atoms with E-state index in [0.717, 1.165) is 18.4 Å². The second kappa shape index (κ2) is 5.26. The topological polar surface area (TPSA) is 57.5 Å².